The number of ether oxygens (including phenoxy) is 1. The Kier molecular flexibility index (Phi) is 2.79. The molecule has 0 saturated heterocycles. The summed E-state index contributed by atoms with van der Waals surface area (Å²) in [6, 6.07) is 7.74. The van der Waals surface area contributed by atoms with Crippen LogP contribution in [-0.4, -0.2) is 14.8 Å². The number of aryl methyl sites for hydroxylation is 1. The van der Waals surface area contributed by atoms with E-state index in [-0.39, 0.29) is 0 Å². The van der Waals surface area contributed by atoms with Crippen molar-refractivity contribution < 1.29 is 4.74 Å². The van der Waals surface area contributed by atoms with Crippen LogP contribution in [0, 0.1) is 0 Å². The van der Waals surface area contributed by atoms with Gasteiger partial charge >= 0.3 is 0 Å². The fraction of sp³-hybridized carbons (Fsp3) is 0.143. The van der Waals surface area contributed by atoms with E-state index < -0.39 is 0 Å². The second kappa shape index (κ2) is 4.61. The molecule has 3 rings (SSSR count). The van der Waals surface area contributed by atoms with Gasteiger partial charge in [0.1, 0.15) is 0 Å². The largest absolute Gasteiger partial charge is 0.451 e. The van der Waals surface area contributed by atoms with Crippen LogP contribution in [0.4, 0.5) is 5.69 Å². The van der Waals surface area contributed by atoms with Crippen molar-refractivity contribution >= 4 is 16.6 Å². The monoisotopic (exact) mass is 254 g/mol. The Morgan fingerprint density at radius 1 is 1.26 bits per heavy atom. The fourth-order valence-corrected chi connectivity index (χ4v) is 1.93. The van der Waals surface area contributed by atoms with Gasteiger partial charge in [-0.05, 0) is 19.1 Å². The molecule has 0 unspecified atom stereocenters. The first-order valence-electron chi connectivity index (χ1n) is 6.11. The van der Waals surface area contributed by atoms with Gasteiger partial charge in [0, 0.05) is 11.9 Å². The number of nitrogens with two attached hydrogens (primary N) is 1. The van der Waals surface area contributed by atoms with E-state index in [1.165, 1.54) is 0 Å². The van der Waals surface area contributed by atoms with E-state index in [4.69, 9.17) is 10.5 Å². The molecule has 0 bridgehead atoms. The SMILES string of the molecule is CCn1cc(Oc2c(N)cnc3ccccc23)cn1. The average molecular weight is 254 g/mol. The number of pyridine rings is 1. The van der Waals surface area contributed by atoms with Crippen molar-refractivity contribution in [1.82, 2.24) is 14.8 Å². The molecule has 0 spiro atoms. The number of nitrogens with zero attached hydrogens (tertiary/aromatic N) is 3. The van der Waals surface area contributed by atoms with Crippen LogP contribution in [0.25, 0.3) is 10.9 Å². The molecule has 0 amide bonds. The molecule has 5 nitrogen and oxygen atoms in total. The zero-order valence-corrected chi connectivity index (χ0v) is 10.6. The third-order valence-corrected chi connectivity index (χ3v) is 2.91. The van der Waals surface area contributed by atoms with E-state index in [2.05, 4.69) is 10.1 Å². The molecule has 96 valence electrons. The molecule has 5 heteroatoms. The molecule has 0 fully saturated rings. The lowest BCUT2D eigenvalue weighted by Gasteiger charge is -2.09. The highest BCUT2D eigenvalue weighted by Gasteiger charge is 2.09. The molecule has 0 radical (unpaired) electrons. The second-order valence-corrected chi connectivity index (χ2v) is 4.19. The minimum atomic E-state index is 0.517. The van der Waals surface area contributed by atoms with Crippen LogP contribution in [0.15, 0.2) is 42.9 Å². The predicted octanol–water partition coefficient (Wildman–Crippen LogP) is 2.83. The van der Waals surface area contributed by atoms with E-state index in [9.17, 15) is 0 Å². The van der Waals surface area contributed by atoms with Gasteiger partial charge in [-0.15, -0.1) is 0 Å². The molecule has 2 aromatic heterocycles. The van der Waals surface area contributed by atoms with Crippen LogP contribution in [0.1, 0.15) is 6.92 Å². The predicted molar refractivity (Wildman–Crippen MR) is 74.1 cm³/mol. The number of aromatic nitrogens is 3. The fourth-order valence-electron chi connectivity index (χ4n) is 1.93. The van der Waals surface area contributed by atoms with Crippen molar-refractivity contribution in [2.75, 3.05) is 5.73 Å². The van der Waals surface area contributed by atoms with Crippen LogP contribution < -0.4 is 10.5 Å². The zero-order valence-electron chi connectivity index (χ0n) is 10.6. The minimum Gasteiger partial charge on any atom is -0.451 e. The molecular weight excluding hydrogens is 240 g/mol. The summed E-state index contributed by atoms with van der Waals surface area (Å²) in [6.45, 7) is 2.82. The normalized spacial score (nSPS) is 10.8. The lowest BCUT2D eigenvalue weighted by molar-refractivity contribution is 0.488. The third-order valence-electron chi connectivity index (χ3n) is 2.91. The van der Waals surface area contributed by atoms with Gasteiger partial charge in [0.15, 0.2) is 11.5 Å². The summed E-state index contributed by atoms with van der Waals surface area (Å²) in [4.78, 5) is 4.28. The van der Waals surface area contributed by atoms with Crippen molar-refractivity contribution in [3.63, 3.8) is 0 Å². The molecule has 0 atom stereocenters. The van der Waals surface area contributed by atoms with Gasteiger partial charge in [-0.3, -0.25) is 9.67 Å². The number of para-hydroxylation sites is 1. The van der Waals surface area contributed by atoms with Crippen LogP contribution in [-0.2, 0) is 6.54 Å². The summed E-state index contributed by atoms with van der Waals surface area (Å²) in [5.41, 5.74) is 7.33. The third kappa shape index (κ3) is 2.10. The number of hydrogen-bond acceptors (Lipinski definition) is 4. The zero-order chi connectivity index (χ0) is 13.2. The summed E-state index contributed by atoms with van der Waals surface area (Å²) >= 11 is 0. The highest BCUT2D eigenvalue weighted by Crippen LogP contribution is 2.33. The molecule has 0 aliphatic carbocycles. The molecular formula is C14H14N4O. The molecule has 1 aromatic carbocycles. The maximum absolute atomic E-state index is 5.96. The number of fused-ring (bicyclic) bond motifs is 1. The Morgan fingerprint density at radius 3 is 2.89 bits per heavy atom. The summed E-state index contributed by atoms with van der Waals surface area (Å²) < 4.78 is 7.66. The number of rotatable bonds is 3. The maximum Gasteiger partial charge on any atom is 0.165 e. The topological polar surface area (TPSA) is 66.0 Å². The lowest BCUT2D eigenvalue weighted by atomic mass is 10.2. The standard InChI is InChI=1S/C14H14N4O/c1-2-18-9-10(7-17-18)19-14-11-5-3-4-6-13(11)16-8-12(14)15/h3-9H,2,15H2,1H3. The quantitative estimate of drug-likeness (QED) is 0.780. The van der Waals surface area contributed by atoms with Crippen molar-refractivity contribution in [2.24, 2.45) is 0 Å². The first kappa shape index (κ1) is 11.5. The Balaban J connectivity index is 2.06. The smallest absolute Gasteiger partial charge is 0.165 e. The second-order valence-electron chi connectivity index (χ2n) is 4.19. The molecule has 0 saturated carbocycles. The average Bonchev–Trinajstić information content (AvgIpc) is 2.90. The van der Waals surface area contributed by atoms with Gasteiger partial charge in [-0.1, -0.05) is 12.1 Å². The number of nitrogen functional groups attached to an aromatic ring is 1. The van der Waals surface area contributed by atoms with Crippen LogP contribution in [0.5, 0.6) is 11.5 Å². The van der Waals surface area contributed by atoms with Crippen molar-refractivity contribution in [3.05, 3.63) is 42.9 Å². The van der Waals surface area contributed by atoms with Crippen molar-refractivity contribution in [1.29, 1.82) is 0 Å². The highest BCUT2D eigenvalue weighted by atomic mass is 16.5. The minimum absolute atomic E-state index is 0.517. The van der Waals surface area contributed by atoms with Crippen LogP contribution in [0.3, 0.4) is 0 Å². The highest BCUT2D eigenvalue weighted by molar-refractivity contribution is 5.89. The Bertz CT molecular complexity index is 720. The van der Waals surface area contributed by atoms with E-state index in [1.807, 2.05) is 37.4 Å². The van der Waals surface area contributed by atoms with E-state index in [0.29, 0.717) is 17.2 Å². The van der Waals surface area contributed by atoms with Crippen LogP contribution >= 0.6 is 0 Å². The number of hydrogen-bond donors (Lipinski definition) is 1. The molecule has 2 N–H and O–H groups in total. The van der Waals surface area contributed by atoms with Gasteiger partial charge in [-0.2, -0.15) is 5.10 Å². The summed E-state index contributed by atoms with van der Waals surface area (Å²) in [7, 11) is 0. The number of benzene rings is 1. The maximum atomic E-state index is 5.96. The molecule has 0 aliphatic rings. The Labute approximate surface area is 110 Å². The van der Waals surface area contributed by atoms with E-state index in [0.717, 1.165) is 17.4 Å². The van der Waals surface area contributed by atoms with Gasteiger partial charge in [0.05, 0.1) is 29.8 Å². The Hall–Kier alpha value is -2.56. The van der Waals surface area contributed by atoms with Crippen molar-refractivity contribution in [3.8, 4) is 11.5 Å². The molecule has 19 heavy (non-hydrogen) atoms. The van der Waals surface area contributed by atoms with Crippen LogP contribution in [0.2, 0.25) is 0 Å². The summed E-state index contributed by atoms with van der Waals surface area (Å²) in [5, 5.41) is 5.07. The molecule has 3 aromatic rings. The van der Waals surface area contributed by atoms with Crippen molar-refractivity contribution in [2.45, 2.75) is 13.5 Å². The number of anilines is 1. The van der Waals surface area contributed by atoms with Gasteiger partial charge in [0.25, 0.3) is 0 Å². The van der Waals surface area contributed by atoms with E-state index in [1.54, 1.807) is 17.1 Å². The van der Waals surface area contributed by atoms with Gasteiger partial charge in [-0.25, -0.2) is 0 Å². The Morgan fingerprint density at radius 2 is 2.11 bits per heavy atom. The summed E-state index contributed by atoms with van der Waals surface area (Å²) in [6.07, 6.45) is 5.13. The molecule has 0 aliphatic heterocycles. The lowest BCUT2D eigenvalue weighted by Crippen LogP contribution is -1.95. The first-order chi connectivity index (χ1) is 9.28. The summed E-state index contributed by atoms with van der Waals surface area (Å²) in [5.74, 6) is 1.30. The molecule has 2 heterocycles. The van der Waals surface area contributed by atoms with E-state index >= 15 is 0 Å². The van der Waals surface area contributed by atoms with Gasteiger partial charge < -0.3 is 10.5 Å². The first-order valence-corrected chi connectivity index (χ1v) is 6.11. The van der Waals surface area contributed by atoms with Gasteiger partial charge in [0.2, 0.25) is 0 Å².